The van der Waals surface area contributed by atoms with Crippen LogP contribution in [-0.2, 0) is 0 Å². The first-order valence-corrected chi connectivity index (χ1v) is 4.05. The molecule has 0 aliphatic carbocycles. The highest BCUT2D eigenvalue weighted by Crippen LogP contribution is 2.24. The van der Waals surface area contributed by atoms with Crippen LogP contribution in [0.1, 0.15) is 0 Å². The van der Waals surface area contributed by atoms with Gasteiger partial charge in [-0.1, -0.05) is 23.2 Å². The van der Waals surface area contributed by atoms with Crippen LogP contribution in [-0.4, -0.2) is 5.43 Å². The summed E-state index contributed by atoms with van der Waals surface area (Å²) in [4.78, 5) is 10.3. The van der Waals surface area contributed by atoms with Crippen LogP contribution < -0.4 is 4.74 Å². The van der Waals surface area contributed by atoms with Crippen LogP contribution in [0.2, 0.25) is 10.0 Å². The van der Waals surface area contributed by atoms with E-state index in [0.717, 1.165) is 0 Å². The summed E-state index contributed by atoms with van der Waals surface area (Å²) in [6.45, 7) is 0. The lowest BCUT2D eigenvalue weighted by molar-refractivity contribution is 0.225. The van der Waals surface area contributed by atoms with E-state index in [1.165, 1.54) is 18.2 Å². The third-order valence-electron chi connectivity index (χ3n) is 1.03. The topological polar surface area (TPSA) is 26.3 Å². The van der Waals surface area contributed by atoms with E-state index < -0.39 is 5.43 Å². The molecule has 0 saturated heterocycles. The third kappa shape index (κ3) is 2.89. The van der Waals surface area contributed by atoms with E-state index in [0.29, 0.717) is 10.0 Å². The molecule has 0 N–H and O–H groups in total. The zero-order valence-electron chi connectivity index (χ0n) is 5.68. The summed E-state index contributed by atoms with van der Waals surface area (Å²) >= 11 is 16.2. The molecule has 1 aromatic carbocycles. The van der Waals surface area contributed by atoms with Gasteiger partial charge in [-0.3, -0.25) is 0 Å². The molecule has 0 aliphatic heterocycles. The minimum absolute atomic E-state index is 0.229. The van der Waals surface area contributed by atoms with Gasteiger partial charge in [0.25, 0.3) is 0 Å². The van der Waals surface area contributed by atoms with E-state index in [2.05, 4.69) is 4.74 Å². The molecule has 0 aromatic heterocycles. The molecule has 0 unspecified atom stereocenters. The van der Waals surface area contributed by atoms with E-state index in [4.69, 9.17) is 34.8 Å². The average Bonchev–Trinajstić information content (AvgIpc) is 1.81. The lowest BCUT2D eigenvalue weighted by Gasteiger charge is -2.00. The number of carbonyl (C=O) groups excluding carboxylic acids is 1. The van der Waals surface area contributed by atoms with Crippen molar-refractivity contribution in [2.24, 2.45) is 0 Å². The van der Waals surface area contributed by atoms with E-state index in [1.807, 2.05) is 0 Å². The smallest absolute Gasteiger partial charge is 0.409 e. The maximum Gasteiger partial charge on any atom is 0.409 e. The van der Waals surface area contributed by atoms with Gasteiger partial charge >= 0.3 is 5.43 Å². The molecule has 0 heterocycles. The Balaban J connectivity index is 2.93. The van der Waals surface area contributed by atoms with Crippen LogP contribution in [0, 0.1) is 0 Å². The molecule has 0 bridgehead atoms. The maximum atomic E-state index is 10.3. The van der Waals surface area contributed by atoms with Gasteiger partial charge in [-0.2, -0.15) is 0 Å². The molecule has 0 atom stereocenters. The molecule has 5 heteroatoms. The lowest BCUT2D eigenvalue weighted by Crippen LogP contribution is -1.95. The van der Waals surface area contributed by atoms with E-state index in [9.17, 15) is 4.79 Å². The number of carbonyl (C=O) groups is 1. The SMILES string of the molecule is O=C(Cl)Oc1cc(Cl)cc(Cl)c1. The molecule has 0 amide bonds. The predicted molar refractivity (Wildman–Crippen MR) is 48.3 cm³/mol. The number of ether oxygens (including phenoxy) is 1. The quantitative estimate of drug-likeness (QED) is 0.681. The number of hydrogen-bond donors (Lipinski definition) is 0. The van der Waals surface area contributed by atoms with Gasteiger partial charge in [0.2, 0.25) is 0 Å². The zero-order valence-corrected chi connectivity index (χ0v) is 7.95. The molecule has 64 valence electrons. The van der Waals surface area contributed by atoms with Crippen LogP contribution in [0.3, 0.4) is 0 Å². The molecular formula is C7H3Cl3O2. The number of halogens is 3. The molecule has 0 saturated carbocycles. The van der Waals surface area contributed by atoms with Gasteiger partial charge in [-0.15, -0.1) is 0 Å². The summed E-state index contributed by atoms with van der Waals surface area (Å²) in [5.74, 6) is 0.229. The third-order valence-corrected chi connectivity index (χ3v) is 1.55. The molecule has 2 nitrogen and oxygen atoms in total. The van der Waals surface area contributed by atoms with Crippen LogP contribution in [0.4, 0.5) is 4.79 Å². The fraction of sp³-hybridized carbons (Fsp3) is 0. The first kappa shape index (κ1) is 9.65. The van der Waals surface area contributed by atoms with Gasteiger partial charge < -0.3 is 4.74 Å². The largest absolute Gasteiger partial charge is 0.414 e. The van der Waals surface area contributed by atoms with Crippen molar-refractivity contribution >= 4 is 40.2 Å². The summed E-state index contributed by atoms with van der Waals surface area (Å²) < 4.78 is 4.53. The first-order valence-electron chi connectivity index (χ1n) is 2.91. The fourth-order valence-electron chi connectivity index (χ4n) is 0.680. The van der Waals surface area contributed by atoms with Gasteiger partial charge in [0.15, 0.2) is 0 Å². The summed E-state index contributed by atoms with van der Waals surface area (Å²) in [5.41, 5.74) is -0.923. The van der Waals surface area contributed by atoms with Crippen molar-refractivity contribution in [2.45, 2.75) is 0 Å². The molecule has 0 aliphatic rings. The van der Waals surface area contributed by atoms with Crippen molar-refractivity contribution in [3.05, 3.63) is 28.2 Å². The Bertz CT molecular complexity index is 291. The van der Waals surface area contributed by atoms with Crippen molar-refractivity contribution in [3.8, 4) is 5.75 Å². The summed E-state index contributed by atoms with van der Waals surface area (Å²) in [7, 11) is 0. The fourth-order valence-corrected chi connectivity index (χ4v) is 1.28. The second-order valence-electron chi connectivity index (χ2n) is 1.94. The Morgan fingerprint density at radius 3 is 2.08 bits per heavy atom. The monoisotopic (exact) mass is 224 g/mol. The van der Waals surface area contributed by atoms with Crippen molar-refractivity contribution in [1.29, 1.82) is 0 Å². The highest BCUT2D eigenvalue weighted by Gasteiger charge is 2.02. The molecule has 0 spiro atoms. The lowest BCUT2D eigenvalue weighted by atomic mass is 10.3. The number of rotatable bonds is 1. The number of hydrogen-bond acceptors (Lipinski definition) is 2. The Morgan fingerprint density at radius 1 is 1.17 bits per heavy atom. The minimum Gasteiger partial charge on any atom is -0.414 e. The van der Waals surface area contributed by atoms with Gasteiger partial charge in [-0.05, 0) is 18.2 Å². The van der Waals surface area contributed by atoms with Gasteiger partial charge in [0.05, 0.1) is 0 Å². The van der Waals surface area contributed by atoms with Crippen LogP contribution in [0.25, 0.3) is 0 Å². The van der Waals surface area contributed by atoms with Crippen molar-refractivity contribution in [3.63, 3.8) is 0 Å². The minimum atomic E-state index is -0.923. The summed E-state index contributed by atoms with van der Waals surface area (Å²) in [6.07, 6.45) is 0. The highest BCUT2D eigenvalue weighted by molar-refractivity contribution is 6.61. The molecule has 1 rings (SSSR count). The van der Waals surface area contributed by atoms with Gasteiger partial charge in [0, 0.05) is 21.6 Å². The van der Waals surface area contributed by atoms with Gasteiger partial charge in [-0.25, -0.2) is 4.79 Å². The average molecular weight is 225 g/mol. The number of benzene rings is 1. The molecule has 12 heavy (non-hydrogen) atoms. The zero-order chi connectivity index (χ0) is 9.14. The van der Waals surface area contributed by atoms with Gasteiger partial charge in [0.1, 0.15) is 5.75 Å². The van der Waals surface area contributed by atoms with Crippen molar-refractivity contribution in [2.75, 3.05) is 0 Å². The molecule has 0 fully saturated rings. The normalized spacial score (nSPS) is 9.58. The Labute approximate surface area is 84.0 Å². The van der Waals surface area contributed by atoms with Crippen molar-refractivity contribution < 1.29 is 9.53 Å². The van der Waals surface area contributed by atoms with E-state index in [1.54, 1.807) is 0 Å². The first-order chi connectivity index (χ1) is 5.58. The van der Waals surface area contributed by atoms with Crippen LogP contribution in [0.5, 0.6) is 5.75 Å². The second kappa shape index (κ2) is 3.99. The molecule has 0 radical (unpaired) electrons. The standard InChI is InChI=1S/C7H3Cl3O2/c8-4-1-5(9)3-6(2-4)12-7(10)11/h1-3H. The predicted octanol–water partition coefficient (Wildman–Crippen LogP) is 3.73. The Morgan fingerprint density at radius 2 is 1.67 bits per heavy atom. The van der Waals surface area contributed by atoms with E-state index in [-0.39, 0.29) is 5.75 Å². The summed E-state index contributed by atoms with van der Waals surface area (Å²) in [5, 5.41) is 0.769. The van der Waals surface area contributed by atoms with Crippen LogP contribution >= 0.6 is 34.8 Å². The summed E-state index contributed by atoms with van der Waals surface area (Å²) in [6, 6.07) is 4.40. The van der Waals surface area contributed by atoms with Crippen molar-refractivity contribution in [1.82, 2.24) is 0 Å². The second-order valence-corrected chi connectivity index (χ2v) is 3.13. The molecular weight excluding hydrogens is 222 g/mol. The highest BCUT2D eigenvalue weighted by atomic mass is 35.5. The van der Waals surface area contributed by atoms with E-state index >= 15 is 0 Å². The van der Waals surface area contributed by atoms with Crippen LogP contribution in [0.15, 0.2) is 18.2 Å². The Kier molecular flexibility index (Phi) is 3.20. The molecule has 1 aromatic rings. The maximum absolute atomic E-state index is 10.3. The Hall–Kier alpha value is -0.440.